The van der Waals surface area contributed by atoms with Crippen LogP contribution in [-0.4, -0.2) is 35.7 Å². The highest BCUT2D eigenvalue weighted by molar-refractivity contribution is 8.18. The lowest BCUT2D eigenvalue weighted by Gasteiger charge is -2.19. The summed E-state index contributed by atoms with van der Waals surface area (Å²) in [6.07, 6.45) is 1.87. The lowest BCUT2D eigenvalue weighted by atomic mass is 10.1. The SMILES string of the molecule is CCOc1ccc(/C=C2/SC(=Nc3ccc(C)cc3)N(C(C)C)C2=O)cc1OC. The Morgan fingerprint density at radius 3 is 2.48 bits per heavy atom. The van der Waals surface area contributed by atoms with Crippen LogP contribution in [-0.2, 0) is 4.79 Å². The number of carbonyl (C=O) groups excluding carboxylic acids is 1. The van der Waals surface area contributed by atoms with E-state index >= 15 is 0 Å². The standard InChI is InChI=1S/C23H26N2O3S/c1-6-28-19-12-9-17(13-20(19)27-5)14-21-22(26)25(15(2)3)23(29-21)24-18-10-7-16(4)8-11-18/h7-15H,6H2,1-5H3/b21-14+,24-23?. The molecule has 1 amide bonds. The first-order valence-electron chi connectivity index (χ1n) is 9.62. The Hall–Kier alpha value is -2.73. The molecule has 1 fully saturated rings. The summed E-state index contributed by atoms with van der Waals surface area (Å²) < 4.78 is 11.0. The Balaban J connectivity index is 1.94. The van der Waals surface area contributed by atoms with Gasteiger partial charge >= 0.3 is 0 Å². The smallest absolute Gasteiger partial charge is 0.266 e. The number of carbonyl (C=O) groups is 1. The molecule has 0 radical (unpaired) electrons. The van der Waals surface area contributed by atoms with Crippen LogP contribution in [0.25, 0.3) is 6.08 Å². The van der Waals surface area contributed by atoms with E-state index in [0.717, 1.165) is 11.3 Å². The molecule has 5 nitrogen and oxygen atoms in total. The first-order chi connectivity index (χ1) is 13.9. The second kappa shape index (κ2) is 9.18. The Bertz CT molecular complexity index is 949. The van der Waals surface area contributed by atoms with Crippen LogP contribution in [0.1, 0.15) is 31.9 Å². The molecule has 0 bridgehead atoms. The number of thioether (sulfide) groups is 1. The van der Waals surface area contributed by atoms with Gasteiger partial charge in [0.05, 0.1) is 24.3 Å². The van der Waals surface area contributed by atoms with Gasteiger partial charge in [0.25, 0.3) is 5.91 Å². The predicted molar refractivity (Wildman–Crippen MR) is 120 cm³/mol. The maximum Gasteiger partial charge on any atom is 0.266 e. The highest BCUT2D eigenvalue weighted by Gasteiger charge is 2.35. The average molecular weight is 411 g/mol. The number of ether oxygens (including phenoxy) is 2. The van der Waals surface area contributed by atoms with Gasteiger partial charge in [0.1, 0.15) is 0 Å². The molecule has 1 saturated heterocycles. The predicted octanol–water partition coefficient (Wildman–Crippen LogP) is 5.41. The molecule has 1 heterocycles. The Labute approximate surface area is 176 Å². The van der Waals surface area contributed by atoms with Gasteiger partial charge in [0.15, 0.2) is 16.7 Å². The topological polar surface area (TPSA) is 51.1 Å². The molecule has 29 heavy (non-hydrogen) atoms. The molecular weight excluding hydrogens is 384 g/mol. The fourth-order valence-electron chi connectivity index (χ4n) is 2.95. The fourth-order valence-corrected chi connectivity index (χ4v) is 4.07. The number of rotatable bonds is 6. The van der Waals surface area contributed by atoms with Crippen molar-refractivity contribution in [3.63, 3.8) is 0 Å². The normalized spacial score (nSPS) is 16.9. The van der Waals surface area contributed by atoms with E-state index in [0.29, 0.717) is 28.2 Å². The summed E-state index contributed by atoms with van der Waals surface area (Å²) in [5.41, 5.74) is 2.89. The molecule has 0 atom stereocenters. The van der Waals surface area contributed by atoms with Crippen LogP contribution in [0, 0.1) is 6.92 Å². The number of benzene rings is 2. The van der Waals surface area contributed by atoms with Gasteiger partial charge in [-0.3, -0.25) is 9.69 Å². The number of hydrogen-bond acceptors (Lipinski definition) is 5. The summed E-state index contributed by atoms with van der Waals surface area (Å²) >= 11 is 1.39. The van der Waals surface area contributed by atoms with Crippen molar-refractivity contribution in [2.75, 3.05) is 13.7 Å². The van der Waals surface area contributed by atoms with Crippen molar-refractivity contribution in [1.29, 1.82) is 0 Å². The molecule has 0 aromatic heterocycles. The highest BCUT2D eigenvalue weighted by atomic mass is 32.2. The van der Waals surface area contributed by atoms with E-state index in [9.17, 15) is 4.79 Å². The molecule has 0 unspecified atom stereocenters. The van der Waals surface area contributed by atoms with E-state index < -0.39 is 0 Å². The van der Waals surface area contributed by atoms with Crippen LogP contribution < -0.4 is 9.47 Å². The van der Waals surface area contributed by atoms with Crippen LogP contribution in [0.2, 0.25) is 0 Å². The van der Waals surface area contributed by atoms with Gasteiger partial charge in [-0.1, -0.05) is 23.8 Å². The largest absolute Gasteiger partial charge is 0.493 e. The van der Waals surface area contributed by atoms with Crippen molar-refractivity contribution in [2.24, 2.45) is 4.99 Å². The zero-order valence-electron chi connectivity index (χ0n) is 17.4. The van der Waals surface area contributed by atoms with E-state index in [-0.39, 0.29) is 11.9 Å². The quantitative estimate of drug-likeness (QED) is 0.597. The van der Waals surface area contributed by atoms with E-state index in [1.165, 1.54) is 17.3 Å². The van der Waals surface area contributed by atoms with E-state index in [2.05, 4.69) is 0 Å². The molecule has 2 aromatic carbocycles. The number of amides is 1. The molecule has 1 aliphatic heterocycles. The Kier molecular flexibility index (Phi) is 6.64. The van der Waals surface area contributed by atoms with Gasteiger partial charge in [-0.15, -0.1) is 0 Å². The molecule has 6 heteroatoms. The third-order valence-electron chi connectivity index (χ3n) is 4.40. The number of nitrogens with zero attached hydrogens (tertiary/aromatic N) is 2. The summed E-state index contributed by atoms with van der Waals surface area (Å²) in [6.45, 7) is 8.51. The molecule has 0 aliphatic carbocycles. The second-order valence-corrected chi connectivity index (χ2v) is 7.96. The van der Waals surface area contributed by atoms with Gasteiger partial charge in [-0.05, 0) is 75.4 Å². The van der Waals surface area contributed by atoms with Crippen molar-refractivity contribution in [3.05, 3.63) is 58.5 Å². The summed E-state index contributed by atoms with van der Waals surface area (Å²) in [7, 11) is 1.61. The van der Waals surface area contributed by atoms with Crippen molar-refractivity contribution in [3.8, 4) is 11.5 Å². The minimum atomic E-state index is -0.0382. The van der Waals surface area contributed by atoms with Crippen molar-refractivity contribution in [1.82, 2.24) is 4.90 Å². The summed E-state index contributed by atoms with van der Waals surface area (Å²) in [6, 6.07) is 13.6. The van der Waals surface area contributed by atoms with Crippen LogP contribution >= 0.6 is 11.8 Å². The number of amidine groups is 1. The van der Waals surface area contributed by atoms with Crippen LogP contribution in [0.4, 0.5) is 5.69 Å². The molecule has 152 valence electrons. The number of aryl methyl sites for hydroxylation is 1. The van der Waals surface area contributed by atoms with Gasteiger partial charge < -0.3 is 9.47 Å². The molecule has 3 rings (SSSR count). The first-order valence-corrected chi connectivity index (χ1v) is 10.4. The maximum atomic E-state index is 13.0. The van der Waals surface area contributed by atoms with Crippen molar-refractivity contribution in [2.45, 2.75) is 33.7 Å². The lowest BCUT2D eigenvalue weighted by Crippen LogP contribution is -2.35. The zero-order chi connectivity index (χ0) is 21.0. The van der Waals surface area contributed by atoms with Crippen LogP contribution in [0.5, 0.6) is 11.5 Å². The van der Waals surface area contributed by atoms with Gasteiger partial charge in [0.2, 0.25) is 0 Å². The minimum absolute atomic E-state index is 0.0139. The fraction of sp³-hybridized carbons (Fsp3) is 0.304. The third kappa shape index (κ3) is 4.82. The molecule has 1 aliphatic rings. The van der Waals surface area contributed by atoms with E-state index in [1.807, 2.05) is 76.2 Å². The minimum Gasteiger partial charge on any atom is -0.493 e. The summed E-state index contributed by atoms with van der Waals surface area (Å²) in [5.74, 6) is 1.29. The molecule has 0 N–H and O–H groups in total. The van der Waals surface area contributed by atoms with Crippen molar-refractivity contribution < 1.29 is 14.3 Å². The Morgan fingerprint density at radius 1 is 1.14 bits per heavy atom. The number of hydrogen-bond donors (Lipinski definition) is 0. The van der Waals surface area contributed by atoms with Gasteiger partial charge in [-0.2, -0.15) is 0 Å². The lowest BCUT2D eigenvalue weighted by molar-refractivity contribution is -0.123. The third-order valence-corrected chi connectivity index (χ3v) is 5.38. The van der Waals surface area contributed by atoms with Crippen LogP contribution in [0.3, 0.4) is 0 Å². The Morgan fingerprint density at radius 2 is 1.86 bits per heavy atom. The molecular formula is C23H26N2O3S. The van der Waals surface area contributed by atoms with Crippen LogP contribution in [0.15, 0.2) is 52.4 Å². The number of aliphatic imine (C=N–C) groups is 1. The van der Waals surface area contributed by atoms with E-state index in [1.54, 1.807) is 12.0 Å². The molecule has 0 saturated carbocycles. The maximum absolute atomic E-state index is 13.0. The highest BCUT2D eigenvalue weighted by Crippen LogP contribution is 2.36. The number of methoxy groups -OCH3 is 1. The first kappa shape index (κ1) is 21.0. The second-order valence-electron chi connectivity index (χ2n) is 6.95. The molecule has 0 spiro atoms. The zero-order valence-corrected chi connectivity index (χ0v) is 18.2. The summed E-state index contributed by atoms with van der Waals surface area (Å²) in [5, 5.41) is 0.693. The van der Waals surface area contributed by atoms with E-state index in [4.69, 9.17) is 14.5 Å². The monoisotopic (exact) mass is 410 g/mol. The van der Waals surface area contributed by atoms with Crippen molar-refractivity contribution >= 4 is 34.6 Å². The van der Waals surface area contributed by atoms with Gasteiger partial charge in [0, 0.05) is 6.04 Å². The van der Waals surface area contributed by atoms with Gasteiger partial charge in [-0.25, -0.2) is 4.99 Å². The summed E-state index contributed by atoms with van der Waals surface area (Å²) in [4.78, 5) is 20.1. The average Bonchev–Trinajstić information content (AvgIpc) is 3.00. The molecule has 2 aromatic rings.